The molecule has 0 saturated carbocycles. The number of nitrogens with zero attached hydrogens (tertiary/aromatic N) is 1. The maximum atomic E-state index is 5.95. The van der Waals surface area contributed by atoms with Gasteiger partial charge in [-0.05, 0) is 50.1 Å². The minimum Gasteiger partial charge on any atom is -0.344 e. The van der Waals surface area contributed by atoms with Gasteiger partial charge in [0.2, 0.25) is 0 Å². The Balaban J connectivity index is 2.38. The highest BCUT2D eigenvalue weighted by atomic mass is 79.9. The van der Waals surface area contributed by atoms with E-state index >= 15 is 0 Å². The van der Waals surface area contributed by atoms with E-state index in [2.05, 4.69) is 78.1 Å². The number of hydrogen-bond donors (Lipinski definition) is 1. The van der Waals surface area contributed by atoms with Gasteiger partial charge in [0, 0.05) is 28.9 Å². The molecule has 2 aromatic rings. The number of halogens is 1. The van der Waals surface area contributed by atoms with Crippen molar-refractivity contribution in [3.8, 4) is 0 Å². The lowest BCUT2D eigenvalue weighted by Crippen LogP contribution is -2.12. The molecular weight excluding hydrogens is 312 g/mol. The summed E-state index contributed by atoms with van der Waals surface area (Å²) >= 11 is 3.61. The zero-order valence-corrected chi connectivity index (χ0v) is 14.0. The zero-order valence-electron chi connectivity index (χ0n) is 12.4. The van der Waals surface area contributed by atoms with E-state index in [1.54, 1.807) is 0 Å². The summed E-state index contributed by atoms with van der Waals surface area (Å²) in [5.41, 5.74) is 12.0. The Labute approximate surface area is 129 Å². The molecule has 2 N–H and O–H groups in total. The largest absolute Gasteiger partial charge is 0.344 e. The van der Waals surface area contributed by atoms with Gasteiger partial charge in [0.1, 0.15) is 0 Å². The molecule has 0 amide bonds. The van der Waals surface area contributed by atoms with Crippen LogP contribution in [0.2, 0.25) is 0 Å². The lowest BCUT2D eigenvalue weighted by atomic mass is 10.1. The lowest BCUT2D eigenvalue weighted by Gasteiger charge is -2.23. The first-order valence-electron chi connectivity index (χ1n) is 6.76. The quantitative estimate of drug-likeness (QED) is 0.870. The van der Waals surface area contributed by atoms with Crippen LogP contribution in [0, 0.1) is 13.8 Å². The molecule has 0 aromatic heterocycles. The molecule has 0 radical (unpaired) electrons. The molecule has 0 unspecified atom stereocenters. The van der Waals surface area contributed by atoms with Crippen LogP contribution in [0.1, 0.15) is 29.7 Å². The van der Waals surface area contributed by atoms with Crippen LogP contribution in [0.25, 0.3) is 0 Å². The van der Waals surface area contributed by atoms with Gasteiger partial charge in [-0.25, -0.2) is 0 Å². The highest BCUT2D eigenvalue weighted by Crippen LogP contribution is 2.32. The predicted molar refractivity (Wildman–Crippen MR) is 90.7 cm³/mol. The van der Waals surface area contributed by atoms with E-state index in [-0.39, 0.29) is 6.04 Å². The summed E-state index contributed by atoms with van der Waals surface area (Å²) < 4.78 is 1.06. The monoisotopic (exact) mass is 332 g/mol. The maximum absolute atomic E-state index is 5.95. The summed E-state index contributed by atoms with van der Waals surface area (Å²) in [7, 11) is 2.09. The first-order chi connectivity index (χ1) is 9.40. The first-order valence-corrected chi connectivity index (χ1v) is 7.55. The number of benzene rings is 2. The van der Waals surface area contributed by atoms with Crippen molar-refractivity contribution < 1.29 is 0 Å². The van der Waals surface area contributed by atoms with Crippen molar-refractivity contribution in [1.82, 2.24) is 0 Å². The van der Waals surface area contributed by atoms with E-state index in [4.69, 9.17) is 5.73 Å². The van der Waals surface area contributed by atoms with Gasteiger partial charge < -0.3 is 10.6 Å². The molecule has 2 aromatic carbocycles. The summed E-state index contributed by atoms with van der Waals surface area (Å²) in [5, 5.41) is 0. The molecule has 20 heavy (non-hydrogen) atoms. The molecule has 106 valence electrons. The van der Waals surface area contributed by atoms with Crippen LogP contribution >= 0.6 is 15.9 Å². The molecule has 2 rings (SSSR count). The molecule has 0 spiro atoms. The van der Waals surface area contributed by atoms with Crippen molar-refractivity contribution in [3.63, 3.8) is 0 Å². The summed E-state index contributed by atoms with van der Waals surface area (Å²) in [6.07, 6.45) is 0. The van der Waals surface area contributed by atoms with Gasteiger partial charge >= 0.3 is 0 Å². The fourth-order valence-corrected chi connectivity index (χ4v) is 3.14. The Kier molecular flexibility index (Phi) is 4.51. The minimum absolute atomic E-state index is 0.0323. The number of hydrogen-bond acceptors (Lipinski definition) is 2. The summed E-state index contributed by atoms with van der Waals surface area (Å²) in [4.78, 5) is 2.20. The van der Waals surface area contributed by atoms with Crippen molar-refractivity contribution in [1.29, 1.82) is 0 Å². The van der Waals surface area contributed by atoms with Crippen LogP contribution < -0.4 is 10.6 Å². The van der Waals surface area contributed by atoms with Crippen LogP contribution in [-0.2, 0) is 0 Å². The van der Waals surface area contributed by atoms with E-state index in [1.807, 2.05) is 6.92 Å². The third-order valence-corrected chi connectivity index (χ3v) is 4.26. The van der Waals surface area contributed by atoms with Crippen LogP contribution in [0.15, 0.2) is 40.9 Å². The highest BCUT2D eigenvalue weighted by molar-refractivity contribution is 9.10. The Bertz CT molecular complexity index is 620. The fraction of sp³-hybridized carbons (Fsp3) is 0.294. The molecule has 2 nitrogen and oxygen atoms in total. The predicted octanol–water partition coefficient (Wildman–Crippen LogP) is 4.85. The zero-order chi connectivity index (χ0) is 14.9. The van der Waals surface area contributed by atoms with Crippen LogP contribution in [0.4, 0.5) is 11.4 Å². The second-order valence-electron chi connectivity index (χ2n) is 5.34. The van der Waals surface area contributed by atoms with Crippen molar-refractivity contribution in [3.05, 3.63) is 57.6 Å². The van der Waals surface area contributed by atoms with Crippen LogP contribution in [-0.4, -0.2) is 7.05 Å². The molecule has 3 heteroatoms. The Hall–Kier alpha value is -1.32. The van der Waals surface area contributed by atoms with Gasteiger partial charge in [-0.1, -0.05) is 39.7 Å². The SMILES string of the molecule is Cc1ccc(N(C)c2ccc([C@H](C)N)c(Br)c2)c(C)c1. The molecule has 0 saturated heterocycles. The van der Waals surface area contributed by atoms with Crippen molar-refractivity contribution in [2.24, 2.45) is 5.73 Å². The fourth-order valence-electron chi connectivity index (χ4n) is 2.41. The van der Waals surface area contributed by atoms with E-state index in [9.17, 15) is 0 Å². The third-order valence-electron chi connectivity index (χ3n) is 3.58. The number of aryl methyl sites for hydroxylation is 2. The van der Waals surface area contributed by atoms with Crippen molar-refractivity contribution in [2.75, 3.05) is 11.9 Å². The smallest absolute Gasteiger partial charge is 0.0437 e. The summed E-state index contributed by atoms with van der Waals surface area (Å²) in [6, 6.07) is 12.9. The molecule has 1 atom stereocenters. The first kappa shape index (κ1) is 15.1. The van der Waals surface area contributed by atoms with Gasteiger partial charge in [0.25, 0.3) is 0 Å². The van der Waals surface area contributed by atoms with E-state index < -0.39 is 0 Å². The molecule has 0 bridgehead atoms. The average Bonchev–Trinajstić information content (AvgIpc) is 2.37. The van der Waals surface area contributed by atoms with Gasteiger partial charge in [-0.15, -0.1) is 0 Å². The molecule has 0 fully saturated rings. The summed E-state index contributed by atoms with van der Waals surface area (Å²) in [5.74, 6) is 0. The molecule has 0 aliphatic carbocycles. The topological polar surface area (TPSA) is 29.3 Å². The normalized spacial score (nSPS) is 12.3. The van der Waals surface area contributed by atoms with E-state index in [0.29, 0.717) is 0 Å². The summed E-state index contributed by atoms with van der Waals surface area (Å²) in [6.45, 7) is 6.25. The Morgan fingerprint density at radius 2 is 1.80 bits per heavy atom. The van der Waals surface area contributed by atoms with Gasteiger partial charge in [0.15, 0.2) is 0 Å². The molecule has 0 aliphatic heterocycles. The molecular formula is C17H21BrN2. The minimum atomic E-state index is 0.0323. The molecule has 0 heterocycles. The van der Waals surface area contributed by atoms with Gasteiger partial charge in [-0.3, -0.25) is 0 Å². The van der Waals surface area contributed by atoms with E-state index in [0.717, 1.165) is 15.7 Å². The van der Waals surface area contributed by atoms with Gasteiger partial charge in [0.05, 0.1) is 0 Å². The van der Waals surface area contributed by atoms with Crippen LogP contribution in [0.5, 0.6) is 0 Å². The van der Waals surface area contributed by atoms with Crippen molar-refractivity contribution >= 4 is 27.3 Å². The van der Waals surface area contributed by atoms with Crippen molar-refractivity contribution in [2.45, 2.75) is 26.8 Å². The average molecular weight is 333 g/mol. The third kappa shape index (κ3) is 3.05. The standard InChI is InChI=1S/C17H21BrN2/c1-11-5-8-17(12(2)9-11)20(4)14-6-7-15(13(3)19)16(18)10-14/h5-10,13H,19H2,1-4H3/t13-/m0/s1. The number of anilines is 2. The number of rotatable bonds is 3. The number of nitrogens with two attached hydrogens (primary N) is 1. The second kappa shape index (κ2) is 5.98. The lowest BCUT2D eigenvalue weighted by molar-refractivity contribution is 0.813. The maximum Gasteiger partial charge on any atom is 0.0437 e. The van der Waals surface area contributed by atoms with Crippen LogP contribution in [0.3, 0.4) is 0 Å². The van der Waals surface area contributed by atoms with E-state index in [1.165, 1.54) is 16.8 Å². The second-order valence-corrected chi connectivity index (χ2v) is 6.20. The Morgan fingerprint density at radius 1 is 1.10 bits per heavy atom. The molecule has 0 aliphatic rings. The Morgan fingerprint density at radius 3 is 2.35 bits per heavy atom. The highest BCUT2D eigenvalue weighted by Gasteiger charge is 2.10. The van der Waals surface area contributed by atoms with Gasteiger partial charge in [-0.2, -0.15) is 0 Å².